The van der Waals surface area contributed by atoms with Crippen LogP contribution in [0.5, 0.6) is 0 Å². The highest BCUT2D eigenvalue weighted by Crippen LogP contribution is 2.41. The lowest BCUT2D eigenvalue weighted by Crippen LogP contribution is -2.52. The van der Waals surface area contributed by atoms with Crippen molar-refractivity contribution in [2.75, 3.05) is 33.3 Å². The Morgan fingerprint density at radius 2 is 2.04 bits per heavy atom. The number of halogens is 2. The van der Waals surface area contributed by atoms with Crippen molar-refractivity contribution in [1.29, 1.82) is 0 Å². The maximum Gasteiger partial charge on any atom is 0.129 e. The first-order valence-electron chi connectivity index (χ1n) is 9.87. The maximum atomic E-state index is 14.2. The summed E-state index contributed by atoms with van der Waals surface area (Å²) in [5.74, 6) is -0.0748. The number of hydrogen-bond donors (Lipinski definition) is 1. The second-order valence-electron chi connectivity index (χ2n) is 8.24. The van der Waals surface area contributed by atoms with Crippen molar-refractivity contribution >= 4 is 11.9 Å². The largest absolute Gasteiger partial charge is 0.370 e. The van der Waals surface area contributed by atoms with E-state index in [1.807, 2.05) is 19.0 Å². The maximum absolute atomic E-state index is 14.2. The third-order valence-electron chi connectivity index (χ3n) is 6.08. The average Bonchev–Trinajstić information content (AvgIpc) is 2.98. The number of nitrogens with one attached hydrogen (secondary N) is 1. The lowest BCUT2D eigenvalue weighted by atomic mass is 9.92. The van der Waals surface area contributed by atoms with Gasteiger partial charge in [0.25, 0.3) is 0 Å². The first kappa shape index (κ1) is 19.6. The molecule has 1 N–H and O–H groups in total. The Kier molecular flexibility index (Phi) is 5.77. The van der Waals surface area contributed by atoms with Crippen LogP contribution >= 0.6 is 11.9 Å². The lowest BCUT2D eigenvalue weighted by Gasteiger charge is -2.43. The highest BCUT2D eigenvalue weighted by atomic mass is 32.2. The van der Waals surface area contributed by atoms with E-state index < -0.39 is 17.7 Å². The summed E-state index contributed by atoms with van der Waals surface area (Å²) in [4.78, 5) is 2.54. The molecule has 1 aromatic carbocycles. The van der Waals surface area contributed by atoms with E-state index in [1.54, 1.807) is 0 Å². The van der Waals surface area contributed by atoms with Crippen molar-refractivity contribution in [2.45, 2.75) is 49.7 Å². The minimum absolute atomic E-state index is 0.0283. The number of likely N-dealkylation sites (tertiary alicyclic amines) is 1. The molecule has 0 radical (unpaired) electrons. The number of benzene rings is 1. The molecular formula is C20H29F2N3OS. The molecule has 3 aliphatic rings. The molecule has 0 saturated carbocycles. The standard InChI is InChI=1S/C20H29F2N3OS/c1-12(2)27-25-9-13-8-24(10-19(13)25)15-7-18(23-3)20(26-11-15)16-6-14(21)4-5-17(16)22/h4-6,12-13,15,18-20,23H,7-11H2,1-3H3/t13?,15?,18?,19?,20-/m1/s1. The van der Waals surface area contributed by atoms with Gasteiger partial charge in [0.1, 0.15) is 17.7 Å². The Bertz CT molecular complexity index is 677. The minimum Gasteiger partial charge on any atom is -0.370 e. The molecule has 0 amide bonds. The molecule has 0 aliphatic carbocycles. The van der Waals surface area contributed by atoms with Gasteiger partial charge in [0.2, 0.25) is 0 Å². The van der Waals surface area contributed by atoms with Crippen molar-refractivity contribution < 1.29 is 13.5 Å². The SMILES string of the molecule is CNC1CC(N2CC3CN(SC(C)C)C3C2)CO[C@@H]1c1cc(F)ccc1F. The summed E-state index contributed by atoms with van der Waals surface area (Å²) < 4.78 is 36.5. The third-order valence-corrected chi connectivity index (χ3v) is 7.19. The highest BCUT2D eigenvalue weighted by Gasteiger charge is 2.48. The molecule has 0 spiro atoms. The van der Waals surface area contributed by atoms with Gasteiger partial charge in [-0.25, -0.2) is 13.1 Å². The van der Waals surface area contributed by atoms with Crippen molar-refractivity contribution in [3.8, 4) is 0 Å². The van der Waals surface area contributed by atoms with Crippen LogP contribution in [-0.2, 0) is 4.74 Å². The molecule has 150 valence electrons. The van der Waals surface area contributed by atoms with Crippen LogP contribution in [0.25, 0.3) is 0 Å². The topological polar surface area (TPSA) is 27.7 Å². The molecule has 4 unspecified atom stereocenters. The Labute approximate surface area is 164 Å². The molecule has 3 fully saturated rings. The molecule has 7 heteroatoms. The summed E-state index contributed by atoms with van der Waals surface area (Å²) in [6, 6.07) is 4.54. The van der Waals surface area contributed by atoms with Gasteiger partial charge in [0.15, 0.2) is 0 Å². The molecule has 5 atom stereocenters. The van der Waals surface area contributed by atoms with Crippen LogP contribution in [0.1, 0.15) is 31.9 Å². The summed E-state index contributed by atoms with van der Waals surface area (Å²) in [6.45, 7) is 8.41. The fourth-order valence-electron chi connectivity index (χ4n) is 4.69. The van der Waals surface area contributed by atoms with E-state index in [1.165, 1.54) is 18.7 Å². The Morgan fingerprint density at radius 3 is 2.78 bits per heavy atom. The molecule has 3 heterocycles. The zero-order valence-corrected chi connectivity index (χ0v) is 17.0. The Hall–Kier alpha value is -0.730. The van der Waals surface area contributed by atoms with Crippen LogP contribution in [0.15, 0.2) is 18.2 Å². The third kappa shape index (κ3) is 3.90. The average molecular weight is 398 g/mol. The second kappa shape index (κ2) is 7.95. The molecule has 0 bridgehead atoms. The summed E-state index contributed by atoms with van der Waals surface area (Å²) >= 11 is 1.96. The molecular weight excluding hydrogens is 368 g/mol. The van der Waals surface area contributed by atoms with Crippen LogP contribution < -0.4 is 5.32 Å². The second-order valence-corrected chi connectivity index (χ2v) is 9.86. The smallest absolute Gasteiger partial charge is 0.129 e. The Balaban J connectivity index is 1.40. The lowest BCUT2D eigenvalue weighted by molar-refractivity contribution is -0.0546. The van der Waals surface area contributed by atoms with Crippen LogP contribution in [0.3, 0.4) is 0 Å². The first-order chi connectivity index (χ1) is 13.0. The van der Waals surface area contributed by atoms with Gasteiger partial charge in [0.05, 0.1) is 6.61 Å². The summed E-state index contributed by atoms with van der Waals surface area (Å²) in [7, 11) is 1.87. The van der Waals surface area contributed by atoms with E-state index in [0.717, 1.165) is 31.5 Å². The summed E-state index contributed by atoms with van der Waals surface area (Å²) in [6.07, 6.45) is 0.433. The van der Waals surface area contributed by atoms with E-state index in [4.69, 9.17) is 4.74 Å². The monoisotopic (exact) mass is 397 g/mol. The molecule has 1 aromatic rings. The van der Waals surface area contributed by atoms with Gasteiger partial charge in [-0.2, -0.15) is 0 Å². The summed E-state index contributed by atoms with van der Waals surface area (Å²) in [5.41, 5.74) is 0.314. The van der Waals surface area contributed by atoms with Gasteiger partial charge in [-0.1, -0.05) is 25.8 Å². The molecule has 27 heavy (non-hydrogen) atoms. The molecule has 4 nitrogen and oxygen atoms in total. The number of nitrogens with zero attached hydrogens (tertiary/aromatic N) is 2. The summed E-state index contributed by atoms with van der Waals surface area (Å²) in [5, 5.41) is 3.89. The van der Waals surface area contributed by atoms with Gasteiger partial charge >= 0.3 is 0 Å². The van der Waals surface area contributed by atoms with Crippen LogP contribution in [0.2, 0.25) is 0 Å². The molecule has 4 rings (SSSR count). The van der Waals surface area contributed by atoms with E-state index in [9.17, 15) is 8.78 Å². The number of likely N-dealkylation sites (N-methyl/N-ethyl adjacent to an activating group) is 1. The van der Waals surface area contributed by atoms with Gasteiger partial charge in [-0.05, 0) is 31.7 Å². The first-order valence-corrected chi connectivity index (χ1v) is 10.7. The molecule has 3 saturated heterocycles. The molecule has 3 aliphatic heterocycles. The van der Waals surface area contributed by atoms with Crippen molar-refractivity contribution in [3.63, 3.8) is 0 Å². The van der Waals surface area contributed by atoms with Gasteiger partial charge in [0, 0.05) is 54.5 Å². The van der Waals surface area contributed by atoms with Crippen LogP contribution in [-0.4, -0.2) is 65.9 Å². The van der Waals surface area contributed by atoms with E-state index in [2.05, 4.69) is 28.4 Å². The van der Waals surface area contributed by atoms with Gasteiger partial charge in [-0.3, -0.25) is 4.90 Å². The number of fused-ring (bicyclic) bond motifs is 1. The van der Waals surface area contributed by atoms with Crippen molar-refractivity contribution in [1.82, 2.24) is 14.5 Å². The number of ether oxygens (including phenoxy) is 1. The van der Waals surface area contributed by atoms with E-state index in [0.29, 0.717) is 29.5 Å². The zero-order valence-electron chi connectivity index (χ0n) is 16.2. The highest BCUT2D eigenvalue weighted by molar-refractivity contribution is 7.97. The Morgan fingerprint density at radius 1 is 1.22 bits per heavy atom. The fraction of sp³-hybridized carbons (Fsp3) is 0.700. The van der Waals surface area contributed by atoms with Crippen LogP contribution in [0.4, 0.5) is 8.78 Å². The molecule has 0 aromatic heterocycles. The van der Waals surface area contributed by atoms with Gasteiger partial charge in [-0.15, -0.1) is 0 Å². The van der Waals surface area contributed by atoms with Crippen LogP contribution in [0, 0.1) is 17.6 Å². The fourth-order valence-corrected chi connectivity index (χ4v) is 5.90. The number of rotatable bonds is 5. The van der Waals surface area contributed by atoms with E-state index >= 15 is 0 Å². The predicted molar refractivity (Wildman–Crippen MR) is 105 cm³/mol. The van der Waals surface area contributed by atoms with Crippen molar-refractivity contribution in [3.05, 3.63) is 35.4 Å². The minimum atomic E-state index is -0.450. The van der Waals surface area contributed by atoms with Crippen molar-refractivity contribution in [2.24, 2.45) is 5.92 Å². The zero-order chi connectivity index (χ0) is 19.1. The quantitative estimate of drug-likeness (QED) is 0.771. The van der Waals surface area contributed by atoms with E-state index in [-0.39, 0.29) is 6.04 Å². The number of hydrogen-bond acceptors (Lipinski definition) is 5. The van der Waals surface area contributed by atoms with Gasteiger partial charge < -0.3 is 10.1 Å². The predicted octanol–water partition coefficient (Wildman–Crippen LogP) is 3.06. The normalized spacial score (nSPS) is 34.7.